The normalized spacial score (nSPS) is 25.2. The van der Waals surface area contributed by atoms with Crippen molar-refractivity contribution < 1.29 is 26.4 Å². The number of hydrogen-bond acceptors (Lipinski definition) is 3. The van der Waals surface area contributed by atoms with Gasteiger partial charge in [-0.1, -0.05) is 41.9 Å². The van der Waals surface area contributed by atoms with Crippen LogP contribution in [0.4, 0.5) is 24.5 Å². The summed E-state index contributed by atoms with van der Waals surface area (Å²) in [5.74, 6) is 1.70. The first-order chi connectivity index (χ1) is 19.4. The van der Waals surface area contributed by atoms with E-state index in [1.54, 1.807) is 6.07 Å². The van der Waals surface area contributed by atoms with E-state index in [9.17, 15) is 26.4 Å². The summed E-state index contributed by atoms with van der Waals surface area (Å²) in [7, 11) is -4.39. The molecular weight excluding hydrogens is 573 g/mol. The number of nitrogens with one attached hydrogen (secondary N) is 1. The molecule has 4 fully saturated rings. The Morgan fingerprint density at radius 3 is 2.05 bits per heavy atom. The first-order valence-corrected chi connectivity index (χ1v) is 15.6. The lowest BCUT2D eigenvalue weighted by Crippen LogP contribution is -2.48. The summed E-state index contributed by atoms with van der Waals surface area (Å²) in [6.45, 7) is -0.729. The molecule has 3 aromatic rings. The van der Waals surface area contributed by atoms with Crippen LogP contribution in [0.3, 0.4) is 0 Å². The van der Waals surface area contributed by atoms with Crippen LogP contribution in [0.2, 0.25) is 5.02 Å². The van der Waals surface area contributed by atoms with E-state index in [0.29, 0.717) is 16.1 Å². The lowest BCUT2D eigenvalue weighted by molar-refractivity contribution is -0.137. The molecule has 0 aromatic heterocycles. The maximum absolute atomic E-state index is 13.6. The van der Waals surface area contributed by atoms with Crippen LogP contribution in [0, 0.1) is 17.8 Å². The third-order valence-corrected chi connectivity index (χ3v) is 11.1. The van der Waals surface area contributed by atoms with E-state index in [-0.39, 0.29) is 16.0 Å². The number of hydrogen-bond donors (Lipinski definition) is 1. The van der Waals surface area contributed by atoms with Gasteiger partial charge in [0.1, 0.15) is 6.54 Å². The second-order valence-electron chi connectivity index (χ2n) is 11.8. The van der Waals surface area contributed by atoms with E-state index in [4.69, 9.17) is 11.6 Å². The number of alkyl halides is 3. The summed E-state index contributed by atoms with van der Waals surface area (Å²) < 4.78 is 68.6. The molecule has 216 valence electrons. The molecule has 0 heterocycles. The Morgan fingerprint density at radius 2 is 1.49 bits per heavy atom. The van der Waals surface area contributed by atoms with Gasteiger partial charge in [0.15, 0.2) is 0 Å². The molecule has 0 atom stereocenters. The van der Waals surface area contributed by atoms with E-state index in [0.717, 1.165) is 29.9 Å². The van der Waals surface area contributed by atoms with Gasteiger partial charge in [0.05, 0.1) is 21.2 Å². The number of halogens is 4. The third kappa shape index (κ3) is 5.46. The molecule has 41 heavy (non-hydrogen) atoms. The molecule has 3 aromatic carbocycles. The van der Waals surface area contributed by atoms with Crippen LogP contribution < -0.4 is 9.62 Å². The van der Waals surface area contributed by atoms with E-state index >= 15 is 0 Å². The molecule has 4 saturated carbocycles. The molecule has 0 spiro atoms. The summed E-state index contributed by atoms with van der Waals surface area (Å²) in [5, 5.41) is 2.16. The van der Waals surface area contributed by atoms with Gasteiger partial charge in [-0.3, -0.25) is 9.10 Å². The molecular formula is C31H30ClF3N2O3S. The van der Waals surface area contributed by atoms with Crippen molar-refractivity contribution in [2.45, 2.75) is 55.0 Å². The molecule has 4 aliphatic carbocycles. The maximum Gasteiger partial charge on any atom is 0.417 e. The predicted octanol–water partition coefficient (Wildman–Crippen LogP) is 7.66. The summed E-state index contributed by atoms with van der Waals surface area (Å²) in [5.41, 5.74) is 0.461. The van der Waals surface area contributed by atoms with Crippen molar-refractivity contribution in [1.29, 1.82) is 0 Å². The fraction of sp³-hybridized carbons (Fsp3) is 0.387. The minimum atomic E-state index is -4.81. The Hall–Kier alpha value is -3.04. The number of anilines is 2. The predicted molar refractivity (Wildman–Crippen MR) is 152 cm³/mol. The van der Waals surface area contributed by atoms with Crippen LogP contribution >= 0.6 is 11.6 Å². The number of nitrogens with zero attached hydrogens (tertiary/aromatic N) is 1. The Bertz CT molecular complexity index is 1520. The van der Waals surface area contributed by atoms with Gasteiger partial charge >= 0.3 is 6.18 Å². The van der Waals surface area contributed by atoms with Crippen molar-refractivity contribution in [3.05, 3.63) is 88.9 Å². The summed E-state index contributed by atoms with van der Waals surface area (Å²) in [4.78, 5) is 13.0. The molecule has 1 N–H and O–H groups in total. The van der Waals surface area contributed by atoms with Crippen molar-refractivity contribution in [3.63, 3.8) is 0 Å². The first kappa shape index (κ1) is 28.1. The highest BCUT2D eigenvalue weighted by atomic mass is 35.5. The Morgan fingerprint density at radius 1 is 0.902 bits per heavy atom. The Kier molecular flexibility index (Phi) is 7.09. The molecule has 4 aliphatic rings. The van der Waals surface area contributed by atoms with E-state index in [2.05, 4.69) is 17.4 Å². The molecule has 4 bridgehead atoms. The topological polar surface area (TPSA) is 66.5 Å². The minimum Gasteiger partial charge on any atom is -0.325 e. The number of carbonyl (C=O) groups excluding carboxylic acids is 1. The smallest absolute Gasteiger partial charge is 0.325 e. The monoisotopic (exact) mass is 602 g/mol. The summed E-state index contributed by atoms with van der Waals surface area (Å²) in [6, 6.07) is 17.8. The van der Waals surface area contributed by atoms with Gasteiger partial charge in [-0.05, 0) is 110 Å². The number of amides is 1. The van der Waals surface area contributed by atoms with Crippen LogP contribution in [0.1, 0.15) is 49.7 Å². The zero-order valence-corrected chi connectivity index (χ0v) is 23.8. The van der Waals surface area contributed by atoms with Crippen LogP contribution in [0.15, 0.2) is 77.7 Å². The molecule has 10 heteroatoms. The van der Waals surface area contributed by atoms with Gasteiger partial charge < -0.3 is 5.32 Å². The third-order valence-electron chi connectivity index (χ3n) is 8.98. The SMILES string of the molecule is O=C(CN(c1ccc(Cl)c(C(F)(F)F)c1)S(=O)(=O)c1ccccc1)Nc1ccc(C23CC4CC(CC(C4)C2)C3)cc1. The maximum atomic E-state index is 13.6. The average Bonchev–Trinajstić information content (AvgIpc) is 2.91. The van der Waals surface area contributed by atoms with Crippen molar-refractivity contribution in [2.24, 2.45) is 17.8 Å². The molecule has 5 nitrogen and oxygen atoms in total. The Balaban J connectivity index is 1.25. The fourth-order valence-corrected chi connectivity index (χ4v) is 9.28. The van der Waals surface area contributed by atoms with Crippen molar-refractivity contribution in [2.75, 3.05) is 16.2 Å². The van der Waals surface area contributed by atoms with Gasteiger partial charge in [0.2, 0.25) is 5.91 Å². The molecule has 1 amide bonds. The molecule has 0 radical (unpaired) electrons. The summed E-state index contributed by atoms with van der Waals surface area (Å²) in [6.07, 6.45) is 2.83. The van der Waals surface area contributed by atoms with Crippen LogP contribution in [0.25, 0.3) is 0 Å². The van der Waals surface area contributed by atoms with Gasteiger partial charge in [0.25, 0.3) is 10.0 Å². The standard InChI is InChI=1S/C31H30ClF3N2O3S/c32-28-11-10-25(15-27(28)31(33,34)35)37(41(39,40)26-4-2-1-3-5-26)19-29(38)36-24-8-6-23(7-9-24)30-16-20-12-21(17-30)14-22(13-20)18-30/h1-11,15,20-22H,12-14,16-19H2,(H,36,38). The van der Waals surface area contributed by atoms with Gasteiger partial charge in [-0.15, -0.1) is 0 Å². The van der Waals surface area contributed by atoms with Crippen LogP contribution in [0.5, 0.6) is 0 Å². The van der Waals surface area contributed by atoms with Crippen molar-refractivity contribution >= 4 is 38.9 Å². The van der Waals surface area contributed by atoms with Crippen molar-refractivity contribution in [1.82, 2.24) is 0 Å². The Labute approximate surface area is 242 Å². The minimum absolute atomic E-state index is 0.156. The average molecular weight is 603 g/mol. The first-order valence-electron chi connectivity index (χ1n) is 13.8. The molecule has 0 unspecified atom stereocenters. The largest absolute Gasteiger partial charge is 0.417 e. The second-order valence-corrected chi connectivity index (χ2v) is 14.1. The number of rotatable bonds is 7. The lowest BCUT2D eigenvalue weighted by Gasteiger charge is -2.57. The molecule has 7 rings (SSSR count). The highest BCUT2D eigenvalue weighted by Crippen LogP contribution is 2.60. The van der Waals surface area contributed by atoms with E-state index in [1.165, 1.54) is 68.4 Å². The van der Waals surface area contributed by atoms with Crippen LogP contribution in [-0.2, 0) is 26.4 Å². The van der Waals surface area contributed by atoms with Crippen LogP contribution in [-0.4, -0.2) is 20.9 Å². The molecule has 0 saturated heterocycles. The number of benzene rings is 3. The van der Waals surface area contributed by atoms with Gasteiger partial charge in [0, 0.05) is 5.69 Å². The highest BCUT2D eigenvalue weighted by molar-refractivity contribution is 7.92. The van der Waals surface area contributed by atoms with Crippen molar-refractivity contribution in [3.8, 4) is 0 Å². The number of sulfonamides is 1. The molecule has 0 aliphatic heterocycles. The van der Waals surface area contributed by atoms with E-state index < -0.39 is 39.2 Å². The zero-order valence-electron chi connectivity index (χ0n) is 22.2. The van der Waals surface area contributed by atoms with Gasteiger partial charge in [-0.2, -0.15) is 13.2 Å². The summed E-state index contributed by atoms with van der Waals surface area (Å²) >= 11 is 5.77. The second kappa shape index (κ2) is 10.3. The fourth-order valence-electron chi connectivity index (χ4n) is 7.62. The quantitative estimate of drug-likeness (QED) is 0.302. The number of carbonyl (C=O) groups is 1. The highest BCUT2D eigenvalue weighted by Gasteiger charge is 2.51. The van der Waals surface area contributed by atoms with E-state index in [1.807, 2.05) is 12.1 Å². The lowest BCUT2D eigenvalue weighted by atomic mass is 9.48. The zero-order chi connectivity index (χ0) is 29.0. The van der Waals surface area contributed by atoms with Gasteiger partial charge in [-0.25, -0.2) is 8.42 Å².